The molecule has 3 amide bonds. The van der Waals surface area contributed by atoms with E-state index in [0.29, 0.717) is 24.4 Å². The van der Waals surface area contributed by atoms with Crippen LogP contribution in [0.3, 0.4) is 0 Å². The molecular weight excluding hydrogens is 342 g/mol. The summed E-state index contributed by atoms with van der Waals surface area (Å²) in [6, 6.07) is 0.439. The maximum atomic E-state index is 12.8. The Labute approximate surface area is 161 Å². The van der Waals surface area contributed by atoms with Gasteiger partial charge in [0.1, 0.15) is 0 Å². The van der Waals surface area contributed by atoms with Crippen LogP contribution in [0.1, 0.15) is 64.2 Å². The largest absolute Gasteiger partial charge is 0.369 e. The van der Waals surface area contributed by atoms with E-state index in [1.54, 1.807) is 0 Å². The van der Waals surface area contributed by atoms with Crippen LogP contribution in [0, 0.1) is 17.8 Å². The smallest absolute Gasteiger partial charge is 0.317 e. The Morgan fingerprint density at radius 3 is 2.59 bits per heavy atom. The molecule has 27 heavy (non-hydrogen) atoms. The minimum absolute atomic E-state index is 0.0926. The average Bonchev–Trinajstić information content (AvgIpc) is 3.27. The molecule has 5 aliphatic rings. The van der Waals surface area contributed by atoms with Gasteiger partial charge in [-0.05, 0) is 38.5 Å². The van der Waals surface area contributed by atoms with Crippen molar-refractivity contribution in [2.75, 3.05) is 19.6 Å². The first-order valence-corrected chi connectivity index (χ1v) is 11.2. The fourth-order valence-corrected chi connectivity index (χ4v) is 6.16. The topological polar surface area (TPSA) is 70.7 Å². The number of likely N-dealkylation sites (tertiary alicyclic amines) is 1. The third-order valence-corrected chi connectivity index (χ3v) is 7.99. The molecule has 3 aliphatic heterocycles. The highest BCUT2D eigenvalue weighted by molar-refractivity contribution is 5.79. The van der Waals surface area contributed by atoms with Gasteiger partial charge in [0.25, 0.3) is 0 Å². The molecule has 2 saturated carbocycles. The van der Waals surface area contributed by atoms with Gasteiger partial charge in [0.15, 0.2) is 0 Å². The van der Waals surface area contributed by atoms with Gasteiger partial charge in [-0.2, -0.15) is 0 Å². The van der Waals surface area contributed by atoms with Gasteiger partial charge in [-0.25, -0.2) is 4.79 Å². The van der Waals surface area contributed by atoms with Gasteiger partial charge in [-0.15, -0.1) is 0 Å². The quantitative estimate of drug-likeness (QED) is 0.793. The van der Waals surface area contributed by atoms with E-state index in [4.69, 9.17) is 4.74 Å². The molecule has 2 bridgehead atoms. The summed E-state index contributed by atoms with van der Waals surface area (Å²) < 4.78 is 6.43. The highest BCUT2D eigenvalue weighted by Gasteiger charge is 2.63. The van der Waals surface area contributed by atoms with Crippen LogP contribution in [0.15, 0.2) is 0 Å². The van der Waals surface area contributed by atoms with E-state index < -0.39 is 0 Å². The highest BCUT2D eigenvalue weighted by Crippen LogP contribution is 2.54. The molecule has 6 nitrogen and oxygen atoms in total. The van der Waals surface area contributed by atoms with E-state index in [9.17, 15) is 9.59 Å². The van der Waals surface area contributed by atoms with Gasteiger partial charge in [0.2, 0.25) is 5.91 Å². The molecule has 3 saturated heterocycles. The van der Waals surface area contributed by atoms with Crippen molar-refractivity contribution < 1.29 is 14.3 Å². The van der Waals surface area contributed by atoms with E-state index in [1.807, 2.05) is 4.90 Å². The van der Waals surface area contributed by atoms with Gasteiger partial charge in [-0.1, -0.05) is 25.7 Å². The molecule has 0 aromatic rings. The van der Waals surface area contributed by atoms with E-state index in [1.165, 1.54) is 25.7 Å². The molecular formula is C21H33N3O3. The first-order valence-electron chi connectivity index (χ1n) is 11.2. The number of hydrogen-bond donors (Lipinski definition) is 2. The molecule has 2 N–H and O–H groups in total. The number of hydrogen-bond acceptors (Lipinski definition) is 3. The lowest BCUT2D eigenvalue weighted by atomic mass is 9.73. The summed E-state index contributed by atoms with van der Waals surface area (Å²) in [4.78, 5) is 27.0. The Morgan fingerprint density at radius 1 is 1.04 bits per heavy atom. The van der Waals surface area contributed by atoms with Crippen LogP contribution in [-0.4, -0.2) is 54.2 Å². The predicted octanol–water partition coefficient (Wildman–Crippen LogP) is 2.42. The van der Waals surface area contributed by atoms with Crippen LogP contribution in [-0.2, 0) is 9.53 Å². The third kappa shape index (κ3) is 3.14. The van der Waals surface area contributed by atoms with Crippen LogP contribution in [0.25, 0.3) is 0 Å². The molecule has 5 rings (SSSR count). The fourth-order valence-electron chi connectivity index (χ4n) is 6.16. The normalized spacial score (nSPS) is 38.5. The number of carbonyl (C=O) groups is 2. The third-order valence-electron chi connectivity index (χ3n) is 7.99. The Kier molecular flexibility index (Phi) is 4.57. The standard InChI is InChI=1S/C21H33N3O3/c25-19(14-5-4-6-14)22-11-16-17-12-24(13-21(17)10-9-18(16)27-21)20(26)23-15-7-2-1-3-8-15/h14-18H,1-13H2,(H,22,25)(H,23,26)/t16-,17+,18+,21+/m0/s1. The molecule has 0 radical (unpaired) electrons. The number of urea groups is 1. The summed E-state index contributed by atoms with van der Waals surface area (Å²) >= 11 is 0. The first-order chi connectivity index (χ1) is 13.1. The van der Waals surface area contributed by atoms with Crippen LogP contribution in [0.2, 0.25) is 0 Å². The molecule has 3 heterocycles. The predicted molar refractivity (Wildman–Crippen MR) is 101 cm³/mol. The van der Waals surface area contributed by atoms with Crippen LogP contribution in [0.4, 0.5) is 4.79 Å². The molecule has 1 spiro atoms. The maximum Gasteiger partial charge on any atom is 0.317 e. The molecule has 0 aromatic carbocycles. The lowest BCUT2D eigenvalue weighted by molar-refractivity contribution is -0.127. The Balaban J connectivity index is 1.19. The minimum Gasteiger partial charge on any atom is -0.369 e. The summed E-state index contributed by atoms with van der Waals surface area (Å²) in [5.41, 5.74) is -0.152. The fraction of sp³-hybridized carbons (Fsp3) is 0.905. The van der Waals surface area contributed by atoms with Crippen LogP contribution < -0.4 is 10.6 Å². The van der Waals surface area contributed by atoms with E-state index in [0.717, 1.165) is 51.6 Å². The summed E-state index contributed by atoms with van der Waals surface area (Å²) in [5.74, 6) is 1.19. The monoisotopic (exact) mass is 375 g/mol. The second kappa shape index (κ2) is 6.94. The van der Waals surface area contributed by atoms with E-state index >= 15 is 0 Å². The molecule has 150 valence electrons. The number of nitrogens with one attached hydrogen (secondary N) is 2. The molecule has 6 heteroatoms. The number of fused-ring (bicyclic) bond motifs is 1. The van der Waals surface area contributed by atoms with Gasteiger partial charge < -0.3 is 20.3 Å². The maximum absolute atomic E-state index is 12.8. The first kappa shape index (κ1) is 17.8. The number of ether oxygens (including phenoxy) is 1. The van der Waals surface area contributed by atoms with E-state index in [2.05, 4.69) is 10.6 Å². The average molecular weight is 376 g/mol. The van der Waals surface area contributed by atoms with Crippen LogP contribution in [0.5, 0.6) is 0 Å². The highest BCUT2D eigenvalue weighted by atomic mass is 16.5. The molecule has 2 aliphatic carbocycles. The summed E-state index contributed by atoms with van der Waals surface area (Å²) in [6.45, 7) is 2.21. The zero-order chi connectivity index (χ0) is 18.4. The van der Waals surface area contributed by atoms with Gasteiger partial charge >= 0.3 is 6.03 Å². The van der Waals surface area contributed by atoms with Gasteiger partial charge in [0.05, 0.1) is 18.2 Å². The summed E-state index contributed by atoms with van der Waals surface area (Å²) in [6.07, 6.45) is 11.6. The second-order valence-corrected chi connectivity index (χ2v) is 9.57. The van der Waals surface area contributed by atoms with Gasteiger partial charge in [-0.3, -0.25) is 4.79 Å². The van der Waals surface area contributed by atoms with Crippen molar-refractivity contribution in [3.63, 3.8) is 0 Å². The van der Waals surface area contributed by atoms with Crippen molar-refractivity contribution in [1.82, 2.24) is 15.5 Å². The van der Waals surface area contributed by atoms with Crippen molar-refractivity contribution >= 4 is 11.9 Å². The Morgan fingerprint density at radius 2 is 1.85 bits per heavy atom. The zero-order valence-corrected chi connectivity index (χ0v) is 16.3. The minimum atomic E-state index is -0.152. The lowest BCUT2D eigenvalue weighted by Gasteiger charge is -2.30. The van der Waals surface area contributed by atoms with E-state index in [-0.39, 0.29) is 29.6 Å². The summed E-state index contributed by atoms with van der Waals surface area (Å²) in [5, 5.41) is 6.45. The van der Waals surface area contributed by atoms with Crippen molar-refractivity contribution in [1.29, 1.82) is 0 Å². The van der Waals surface area contributed by atoms with Crippen LogP contribution >= 0.6 is 0 Å². The summed E-state index contributed by atoms with van der Waals surface area (Å²) in [7, 11) is 0. The van der Waals surface area contributed by atoms with Crippen molar-refractivity contribution in [2.45, 2.75) is 82.0 Å². The molecule has 4 atom stereocenters. The number of amides is 3. The zero-order valence-electron chi connectivity index (χ0n) is 16.3. The Hall–Kier alpha value is -1.30. The number of rotatable bonds is 4. The molecule has 0 unspecified atom stereocenters. The van der Waals surface area contributed by atoms with Crippen molar-refractivity contribution in [3.8, 4) is 0 Å². The Bertz CT molecular complexity index is 601. The number of carbonyl (C=O) groups excluding carboxylic acids is 2. The SMILES string of the molecule is O=C(NC[C@H]1[C@H]2CN(C(=O)NC3CCCCC3)C[C@]23CC[C@H]1O3)C1CCC1. The van der Waals surface area contributed by atoms with Crippen molar-refractivity contribution in [3.05, 3.63) is 0 Å². The second-order valence-electron chi connectivity index (χ2n) is 9.57. The van der Waals surface area contributed by atoms with Crippen molar-refractivity contribution in [2.24, 2.45) is 17.8 Å². The molecule has 5 fully saturated rings. The lowest BCUT2D eigenvalue weighted by Crippen LogP contribution is -2.46. The molecule has 0 aromatic heterocycles. The number of nitrogens with zero attached hydrogens (tertiary/aromatic N) is 1. The van der Waals surface area contributed by atoms with Gasteiger partial charge in [0, 0.05) is 36.9 Å².